The van der Waals surface area contributed by atoms with E-state index < -0.39 is 14.9 Å². The fourth-order valence-corrected chi connectivity index (χ4v) is 2.58. The first-order valence-corrected chi connectivity index (χ1v) is 8.13. The highest BCUT2D eigenvalue weighted by Gasteiger charge is 2.16. The van der Waals surface area contributed by atoms with E-state index in [9.17, 15) is 18.5 Å². The lowest BCUT2D eigenvalue weighted by atomic mass is 10.3. The highest BCUT2D eigenvalue weighted by atomic mass is 32.2. The van der Waals surface area contributed by atoms with Crippen molar-refractivity contribution < 1.29 is 13.3 Å². The summed E-state index contributed by atoms with van der Waals surface area (Å²) in [5.41, 5.74) is 5.28. The number of hydrogen-bond donors (Lipinski definition) is 3. The minimum Gasteiger partial charge on any atom is -0.370 e. The molecule has 0 atom stereocenters. The van der Waals surface area contributed by atoms with Crippen LogP contribution in [-0.2, 0) is 10.0 Å². The Kier molecular flexibility index (Phi) is 6.73. The molecule has 122 valence electrons. The Morgan fingerprint density at radius 2 is 2.14 bits per heavy atom. The van der Waals surface area contributed by atoms with Crippen LogP contribution in [0.15, 0.2) is 34.2 Å². The van der Waals surface area contributed by atoms with Gasteiger partial charge in [-0.05, 0) is 12.5 Å². The number of aliphatic imine (C=N–C) groups is 1. The van der Waals surface area contributed by atoms with Gasteiger partial charge in [0.1, 0.15) is 0 Å². The summed E-state index contributed by atoms with van der Waals surface area (Å²) in [7, 11) is -3.81. The topological polar surface area (TPSA) is 140 Å². The first-order valence-electron chi connectivity index (χ1n) is 6.64. The molecule has 10 heteroatoms. The molecule has 1 aromatic carbocycles. The third-order valence-corrected chi connectivity index (χ3v) is 4.03. The number of sulfonamides is 1. The van der Waals surface area contributed by atoms with E-state index in [1.165, 1.54) is 18.2 Å². The summed E-state index contributed by atoms with van der Waals surface area (Å²) in [6.45, 7) is 2.89. The number of nitro benzene ring substituents is 1. The molecule has 22 heavy (non-hydrogen) atoms. The SMILES string of the molecule is CCCN=C(N)NCCNS(=O)(=O)c1cccc([N+](=O)[O-])c1. The molecular formula is C12H19N5O4S. The molecule has 0 spiro atoms. The number of nitrogens with two attached hydrogens (primary N) is 1. The van der Waals surface area contributed by atoms with Crippen LogP contribution >= 0.6 is 0 Å². The van der Waals surface area contributed by atoms with E-state index in [2.05, 4.69) is 15.0 Å². The molecule has 0 heterocycles. The maximum absolute atomic E-state index is 12.0. The Hall–Kier alpha value is -2.20. The van der Waals surface area contributed by atoms with E-state index >= 15 is 0 Å². The van der Waals surface area contributed by atoms with E-state index in [4.69, 9.17) is 5.73 Å². The maximum atomic E-state index is 12.0. The van der Waals surface area contributed by atoms with Crippen LogP contribution < -0.4 is 15.8 Å². The molecule has 0 radical (unpaired) electrons. The zero-order valence-corrected chi connectivity index (χ0v) is 13.0. The van der Waals surface area contributed by atoms with Crippen LogP contribution in [0.4, 0.5) is 5.69 Å². The average Bonchev–Trinajstić information content (AvgIpc) is 2.49. The van der Waals surface area contributed by atoms with Gasteiger partial charge in [-0.2, -0.15) is 0 Å². The van der Waals surface area contributed by atoms with Crippen molar-refractivity contribution in [3.63, 3.8) is 0 Å². The number of nitrogens with one attached hydrogen (secondary N) is 2. The number of non-ortho nitro benzene ring substituents is 1. The third kappa shape index (κ3) is 5.66. The quantitative estimate of drug-likeness (QED) is 0.204. The highest BCUT2D eigenvalue weighted by molar-refractivity contribution is 7.89. The monoisotopic (exact) mass is 329 g/mol. The smallest absolute Gasteiger partial charge is 0.270 e. The van der Waals surface area contributed by atoms with Crippen LogP contribution in [0.2, 0.25) is 0 Å². The predicted octanol–water partition coefficient (Wildman–Crippen LogP) is 0.187. The van der Waals surface area contributed by atoms with Crippen LogP contribution in [0.3, 0.4) is 0 Å². The molecule has 0 bridgehead atoms. The van der Waals surface area contributed by atoms with Crippen molar-refractivity contribution in [1.29, 1.82) is 0 Å². The normalized spacial score (nSPS) is 12.1. The molecule has 0 aliphatic carbocycles. The maximum Gasteiger partial charge on any atom is 0.270 e. The largest absolute Gasteiger partial charge is 0.370 e. The minimum atomic E-state index is -3.81. The van der Waals surface area contributed by atoms with Gasteiger partial charge in [0, 0.05) is 31.8 Å². The Morgan fingerprint density at radius 3 is 2.77 bits per heavy atom. The van der Waals surface area contributed by atoms with E-state index in [0.29, 0.717) is 6.54 Å². The van der Waals surface area contributed by atoms with Crippen molar-refractivity contribution in [2.45, 2.75) is 18.2 Å². The van der Waals surface area contributed by atoms with Crippen LogP contribution in [0.5, 0.6) is 0 Å². The summed E-state index contributed by atoms with van der Waals surface area (Å²) in [5, 5.41) is 13.4. The number of benzene rings is 1. The van der Waals surface area contributed by atoms with Crippen LogP contribution in [0.25, 0.3) is 0 Å². The van der Waals surface area contributed by atoms with Gasteiger partial charge in [-0.3, -0.25) is 15.1 Å². The minimum absolute atomic E-state index is 0.0768. The number of guanidine groups is 1. The first kappa shape index (κ1) is 17.9. The molecule has 0 saturated heterocycles. The van der Waals surface area contributed by atoms with E-state index in [1.807, 2.05) is 6.92 Å². The molecular weight excluding hydrogens is 310 g/mol. The molecule has 0 aliphatic rings. The van der Waals surface area contributed by atoms with Crippen LogP contribution in [-0.4, -0.2) is 38.9 Å². The van der Waals surface area contributed by atoms with Gasteiger partial charge in [0.15, 0.2) is 5.96 Å². The van der Waals surface area contributed by atoms with Gasteiger partial charge in [0.25, 0.3) is 5.69 Å². The lowest BCUT2D eigenvalue weighted by Crippen LogP contribution is -2.38. The molecule has 1 aromatic rings. The molecule has 0 amide bonds. The average molecular weight is 329 g/mol. The van der Waals surface area contributed by atoms with E-state index in [1.54, 1.807) is 0 Å². The fourth-order valence-electron chi connectivity index (χ4n) is 1.51. The van der Waals surface area contributed by atoms with Crippen molar-refractivity contribution in [3.8, 4) is 0 Å². The number of hydrogen-bond acceptors (Lipinski definition) is 5. The van der Waals surface area contributed by atoms with Crippen LogP contribution in [0.1, 0.15) is 13.3 Å². The van der Waals surface area contributed by atoms with Crippen molar-refractivity contribution in [1.82, 2.24) is 10.0 Å². The highest BCUT2D eigenvalue weighted by Crippen LogP contribution is 2.16. The fraction of sp³-hybridized carbons (Fsp3) is 0.417. The molecule has 0 aliphatic heterocycles. The summed E-state index contributed by atoms with van der Waals surface area (Å²) < 4.78 is 26.3. The molecule has 4 N–H and O–H groups in total. The number of nitro groups is 1. The molecule has 1 rings (SSSR count). The van der Waals surface area contributed by atoms with Crippen molar-refractivity contribution in [2.75, 3.05) is 19.6 Å². The zero-order valence-electron chi connectivity index (χ0n) is 12.2. The van der Waals surface area contributed by atoms with Crippen molar-refractivity contribution >= 4 is 21.7 Å². The summed E-state index contributed by atoms with van der Waals surface area (Å²) in [6.07, 6.45) is 0.863. The standard InChI is InChI=1S/C12H19N5O4S/c1-2-6-14-12(13)15-7-8-16-22(20,21)11-5-3-4-10(9-11)17(18)19/h3-5,9,16H,2,6-8H2,1H3,(H3,13,14,15). The lowest BCUT2D eigenvalue weighted by molar-refractivity contribution is -0.385. The van der Waals surface area contributed by atoms with Gasteiger partial charge >= 0.3 is 0 Å². The molecule has 0 aromatic heterocycles. The second-order valence-electron chi connectivity index (χ2n) is 4.35. The summed E-state index contributed by atoms with van der Waals surface area (Å²) in [5.74, 6) is 0.247. The van der Waals surface area contributed by atoms with Crippen molar-refractivity contribution in [2.24, 2.45) is 10.7 Å². The molecule has 0 saturated carbocycles. The van der Waals surface area contributed by atoms with Gasteiger partial charge in [0.2, 0.25) is 10.0 Å². The Morgan fingerprint density at radius 1 is 1.41 bits per heavy atom. The summed E-state index contributed by atoms with van der Waals surface area (Å²) in [4.78, 5) is 13.8. The number of rotatable bonds is 8. The van der Waals surface area contributed by atoms with Crippen molar-refractivity contribution in [3.05, 3.63) is 34.4 Å². The lowest BCUT2D eigenvalue weighted by Gasteiger charge is -2.08. The Bertz CT molecular complexity index is 645. The number of nitrogens with zero attached hydrogens (tertiary/aromatic N) is 2. The predicted molar refractivity (Wildman–Crippen MR) is 83.1 cm³/mol. The summed E-state index contributed by atoms with van der Waals surface area (Å²) >= 11 is 0. The zero-order chi connectivity index (χ0) is 16.6. The second kappa shape index (κ2) is 8.29. The molecule has 0 fully saturated rings. The third-order valence-electron chi connectivity index (χ3n) is 2.57. The molecule has 0 unspecified atom stereocenters. The van der Waals surface area contributed by atoms with E-state index in [-0.39, 0.29) is 29.6 Å². The van der Waals surface area contributed by atoms with Gasteiger partial charge in [0.05, 0.1) is 9.82 Å². The van der Waals surface area contributed by atoms with Crippen LogP contribution in [0, 0.1) is 10.1 Å². The molecule has 9 nitrogen and oxygen atoms in total. The van der Waals surface area contributed by atoms with E-state index in [0.717, 1.165) is 12.5 Å². The van der Waals surface area contributed by atoms with Gasteiger partial charge < -0.3 is 11.1 Å². The Balaban J connectivity index is 2.58. The van der Waals surface area contributed by atoms with Gasteiger partial charge in [-0.25, -0.2) is 13.1 Å². The first-order chi connectivity index (χ1) is 10.4. The second-order valence-corrected chi connectivity index (χ2v) is 6.11. The van der Waals surface area contributed by atoms with Gasteiger partial charge in [-0.1, -0.05) is 13.0 Å². The van der Waals surface area contributed by atoms with Gasteiger partial charge in [-0.15, -0.1) is 0 Å². The summed E-state index contributed by atoms with van der Waals surface area (Å²) in [6, 6.07) is 4.85. The Labute approximate surface area is 128 Å².